The molecule has 7 heteroatoms. The number of rotatable bonds is 5. The fourth-order valence-corrected chi connectivity index (χ4v) is 1.60. The number of benzene rings is 1. The van der Waals surface area contributed by atoms with Crippen LogP contribution in [0.1, 0.15) is 18.5 Å². The summed E-state index contributed by atoms with van der Waals surface area (Å²) < 4.78 is 36.3. The molecule has 0 saturated carbocycles. The molecule has 112 valence electrons. The largest absolute Gasteiger partial charge is 0.416 e. The van der Waals surface area contributed by atoms with Gasteiger partial charge in [0.15, 0.2) is 6.10 Å². The van der Waals surface area contributed by atoms with Crippen molar-refractivity contribution in [3.05, 3.63) is 35.9 Å². The van der Waals surface area contributed by atoms with Gasteiger partial charge in [-0.15, -0.1) is 0 Å². The Labute approximate surface area is 114 Å². The lowest BCUT2D eigenvalue weighted by atomic mass is 9.94. The van der Waals surface area contributed by atoms with Crippen molar-refractivity contribution >= 4 is 5.91 Å². The topological polar surface area (TPSA) is 75.3 Å². The van der Waals surface area contributed by atoms with Crippen molar-refractivity contribution in [1.82, 2.24) is 5.32 Å². The quantitative estimate of drug-likeness (QED) is 0.766. The monoisotopic (exact) mass is 290 g/mol. The van der Waals surface area contributed by atoms with Crippen molar-refractivity contribution in [2.45, 2.75) is 25.2 Å². The van der Waals surface area contributed by atoms with E-state index in [1.165, 1.54) is 6.92 Å². The highest BCUT2D eigenvalue weighted by molar-refractivity contribution is 5.79. The fraction of sp³-hybridized carbons (Fsp3) is 0.462. The van der Waals surface area contributed by atoms with E-state index in [9.17, 15) is 18.0 Å². The van der Waals surface area contributed by atoms with E-state index in [-0.39, 0.29) is 0 Å². The van der Waals surface area contributed by atoms with Gasteiger partial charge in [0.05, 0.1) is 12.5 Å². The SMILES string of the molecule is CC(C(=O)NCC(O)C(F)(F)F)C(N)c1ccccc1. The van der Waals surface area contributed by atoms with Gasteiger partial charge in [0.25, 0.3) is 0 Å². The van der Waals surface area contributed by atoms with E-state index < -0.39 is 36.7 Å². The molecule has 1 aromatic rings. The number of alkyl halides is 3. The molecule has 1 aromatic carbocycles. The minimum Gasteiger partial charge on any atom is -0.382 e. The van der Waals surface area contributed by atoms with Gasteiger partial charge in [-0.3, -0.25) is 4.79 Å². The summed E-state index contributed by atoms with van der Waals surface area (Å²) in [6.45, 7) is 0.640. The van der Waals surface area contributed by atoms with Crippen LogP contribution < -0.4 is 11.1 Å². The van der Waals surface area contributed by atoms with Crippen LogP contribution in [0.15, 0.2) is 30.3 Å². The summed E-state index contributed by atoms with van der Waals surface area (Å²) in [7, 11) is 0. The van der Waals surface area contributed by atoms with Gasteiger partial charge in [-0.2, -0.15) is 13.2 Å². The van der Waals surface area contributed by atoms with E-state index in [0.29, 0.717) is 5.56 Å². The Bertz CT molecular complexity index is 437. The molecule has 4 nitrogen and oxygen atoms in total. The highest BCUT2D eigenvalue weighted by atomic mass is 19.4. The van der Waals surface area contributed by atoms with Crippen molar-refractivity contribution in [3.8, 4) is 0 Å². The van der Waals surface area contributed by atoms with E-state index >= 15 is 0 Å². The van der Waals surface area contributed by atoms with Gasteiger partial charge in [-0.25, -0.2) is 0 Å². The Balaban J connectivity index is 2.55. The summed E-state index contributed by atoms with van der Waals surface area (Å²) in [6.07, 6.45) is -7.33. The Kier molecular flexibility index (Phi) is 5.52. The normalized spacial score (nSPS) is 16.3. The Hall–Kier alpha value is -1.60. The average molecular weight is 290 g/mol. The third-order valence-corrected chi connectivity index (χ3v) is 2.98. The predicted molar refractivity (Wildman–Crippen MR) is 67.6 cm³/mol. The number of nitrogens with one attached hydrogen (secondary N) is 1. The van der Waals surface area contributed by atoms with E-state index in [2.05, 4.69) is 5.32 Å². The molecule has 0 heterocycles. The van der Waals surface area contributed by atoms with Crippen molar-refractivity contribution in [2.24, 2.45) is 11.7 Å². The van der Waals surface area contributed by atoms with E-state index in [1.807, 2.05) is 0 Å². The minimum atomic E-state index is -4.75. The molecule has 3 atom stereocenters. The maximum absolute atomic E-state index is 12.1. The molecule has 0 radical (unpaired) electrons. The maximum atomic E-state index is 12.1. The summed E-state index contributed by atoms with van der Waals surface area (Å²) in [6, 6.07) is 8.15. The maximum Gasteiger partial charge on any atom is 0.416 e. The third kappa shape index (κ3) is 4.50. The minimum absolute atomic E-state index is 0.626. The van der Waals surface area contributed by atoms with Crippen LogP contribution >= 0.6 is 0 Å². The van der Waals surface area contributed by atoms with Gasteiger partial charge in [-0.05, 0) is 5.56 Å². The van der Waals surface area contributed by atoms with Gasteiger partial charge in [-0.1, -0.05) is 37.3 Å². The zero-order valence-electron chi connectivity index (χ0n) is 10.9. The molecule has 3 unspecified atom stereocenters. The van der Waals surface area contributed by atoms with Crippen molar-refractivity contribution < 1.29 is 23.1 Å². The first-order valence-corrected chi connectivity index (χ1v) is 6.06. The standard InChI is InChI=1S/C13H17F3N2O2/c1-8(11(17)9-5-3-2-4-6-9)12(20)18-7-10(19)13(14,15)16/h2-6,8,10-11,19H,7,17H2,1H3,(H,18,20). The molecule has 0 spiro atoms. The zero-order chi connectivity index (χ0) is 15.3. The zero-order valence-corrected chi connectivity index (χ0v) is 10.9. The first kappa shape index (κ1) is 16.5. The number of carbonyl (C=O) groups excluding carboxylic acids is 1. The van der Waals surface area contributed by atoms with Crippen LogP contribution in [0, 0.1) is 5.92 Å². The summed E-state index contributed by atoms with van der Waals surface area (Å²) >= 11 is 0. The summed E-state index contributed by atoms with van der Waals surface area (Å²) in [5, 5.41) is 10.9. The number of aliphatic hydroxyl groups excluding tert-OH is 1. The molecular weight excluding hydrogens is 273 g/mol. The number of halogens is 3. The van der Waals surface area contributed by atoms with Crippen LogP contribution in [0.2, 0.25) is 0 Å². The molecular formula is C13H17F3N2O2. The van der Waals surface area contributed by atoms with E-state index in [0.717, 1.165) is 0 Å². The highest BCUT2D eigenvalue weighted by Crippen LogP contribution is 2.21. The number of hydrogen-bond acceptors (Lipinski definition) is 3. The number of nitrogens with two attached hydrogens (primary N) is 1. The Morgan fingerprint density at radius 1 is 1.35 bits per heavy atom. The number of aliphatic hydroxyl groups is 1. The Morgan fingerprint density at radius 2 is 1.90 bits per heavy atom. The number of carbonyl (C=O) groups is 1. The predicted octanol–water partition coefficient (Wildman–Crippen LogP) is 1.36. The van der Waals surface area contributed by atoms with Crippen molar-refractivity contribution in [3.63, 3.8) is 0 Å². The summed E-state index contributed by atoms with van der Waals surface area (Å²) in [5.74, 6) is -1.34. The molecule has 0 saturated heterocycles. The van der Waals surface area contributed by atoms with E-state index in [1.54, 1.807) is 30.3 Å². The molecule has 1 amide bonds. The van der Waals surface area contributed by atoms with Crippen molar-refractivity contribution in [1.29, 1.82) is 0 Å². The third-order valence-electron chi connectivity index (χ3n) is 2.98. The first-order valence-electron chi connectivity index (χ1n) is 6.06. The molecule has 0 aromatic heterocycles. The first-order chi connectivity index (χ1) is 9.23. The van der Waals surface area contributed by atoms with Crippen molar-refractivity contribution in [2.75, 3.05) is 6.54 Å². The van der Waals surface area contributed by atoms with Crippen LogP contribution in [0.4, 0.5) is 13.2 Å². The smallest absolute Gasteiger partial charge is 0.382 e. The molecule has 4 N–H and O–H groups in total. The van der Waals surface area contributed by atoms with Crippen LogP contribution in [-0.4, -0.2) is 29.8 Å². The number of hydrogen-bond donors (Lipinski definition) is 3. The van der Waals surface area contributed by atoms with Crippen LogP contribution in [0.3, 0.4) is 0 Å². The second-order valence-corrected chi connectivity index (χ2v) is 4.53. The van der Waals surface area contributed by atoms with E-state index in [4.69, 9.17) is 10.8 Å². The lowest BCUT2D eigenvalue weighted by Crippen LogP contribution is -2.43. The van der Waals surface area contributed by atoms with Gasteiger partial charge in [0, 0.05) is 6.04 Å². The summed E-state index contributed by atoms with van der Waals surface area (Å²) in [5.41, 5.74) is 6.60. The van der Waals surface area contributed by atoms with Crippen LogP contribution in [0.25, 0.3) is 0 Å². The molecule has 0 aliphatic rings. The molecule has 0 aliphatic carbocycles. The van der Waals surface area contributed by atoms with Gasteiger partial charge >= 0.3 is 6.18 Å². The summed E-state index contributed by atoms with van der Waals surface area (Å²) in [4.78, 5) is 11.7. The van der Waals surface area contributed by atoms with Gasteiger partial charge < -0.3 is 16.2 Å². The lowest BCUT2D eigenvalue weighted by Gasteiger charge is -2.21. The second kappa shape index (κ2) is 6.71. The average Bonchev–Trinajstić information content (AvgIpc) is 2.42. The number of amides is 1. The molecule has 0 bridgehead atoms. The molecule has 20 heavy (non-hydrogen) atoms. The van der Waals surface area contributed by atoms with Crippen LogP contribution in [0.5, 0.6) is 0 Å². The molecule has 1 rings (SSSR count). The molecule has 0 fully saturated rings. The van der Waals surface area contributed by atoms with Gasteiger partial charge in [0.2, 0.25) is 5.91 Å². The lowest BCUT2D eigenvalue weighted by molar-refractivity contribution is -0.202. The highest BCUT2D eigenvalue weighted by Gasteiger charge is 2.38. The Morgan fingerprint density at radius 3 is 2.40 bits per heavy atom. The van der Waals surface area contributed by atoms with Gasteiger partial charge in [0.1, 0.15) is 0 Å². The molecule has 0 aliphatic heterocycles. The van der Waals surface area contributed by atoms with Crippen LogP contribution in [-0.2, 0) is 4.79 Å². The fourth-order valence-electron chi connectivity index (χ4n) is 1.60. The second-order valence-electron chi connectivity index (χ2n) is 4.53.